The number of benzene rings is 3. The van der Waals surface area contributed by atoms with Gasteiger partial charge in [0.25, 0.3) is 17.7 Å². The molecule has 0 unspecified atom stereocenters. The number of rotatable bonds is 9. The molecule has 37 heavy (non-hydrogen) atoms. The van der Waals surface area contributed by atoms with E-state index in [0.717, 1.165) is 0 Å². The van der Waals surface area contributed by atoms with Gasteiger partial charge in [-0.15, -0.1) is 0 Å². The Morgan fingerprint density at radius 3 is 2.03 bits per heavy atom. The first kappa shape index (κ1) is 25.6. The first-order valence-corrected chi connectivity index (χ1v) is 12.2. The molecule has 1 aliphatic heterocycles. The zero-order valence-corrected chi connectivity index (χ0v) is 21.0. The van der Waals surface area contributed by atoms with Crippen molar-refractivity contribution in [2.24, 2.45) is 5.92 Å². The van der Waals surface area contributed by atoms with E-state index in [1.807, 2.05) is 20.8 Å². The highest BCUT2D eigenvalue weighted by molar-refractivity contribution is 6.21. The number of nitrogens with one attached hydrogen (secondary N) is 2. The minimum Gasteiger partial charge on any atom is -0.493 e. The van der Waals surface area contributed by atoms with Crippen LogP contribution in [-0.4, -0.2) is 35.1 Å². The number of nitrogens with zero attached hydrogens (tertiary/aromatic N) is 1. The molecular formula is C29H29N3O5. The van der Waals surface area contributed by atoms with Crippen LogP contribution in [0.15, 0.2) is 66.7 Å². The third-order valence-electron chi connectivity index (χ3n) is 5.83. The number of hydrogen-bond donors (Lipinski definition) is 2. The van der Waals surface area contributed by atoms with Gasteiger partial charge in [0.1, 0.15) is 5.75 Å². The van der Waals surface area contributed by atoms with E-state index in [1.54, 1.807) is 66.7 Å². The molecule has 2 N–H and O–H groups in total. The van der Waals surface area contributed by atoms with Crippen LogP contribution in [0.4, 0.5) is 11.4 Å². The molecule has 0 saturated carbocycles. The zero-order chi connectivity index (χ0) is 26.5. The SMILES string of the molecule is CCOc1ccc(CN2C(=O)c3ccccc3C2=O)cc1C(=O)Nc1ccc(NC(=O)CC(C)C)cc1. The van der Waals surface area contributed by atoms with Crippen LogP contribution in [0.1, 0.15) is 63.8 Å². The molecule has 0 atom stereocenters. The van der Waals surface area contributed by atoms with Crippen molar-refractivity contribution in [2.75, 3.05) is 17.2 Å². The van der Waals surface area contributed by atoms with Crippen molar-refractivity contribution in [2.45, 2.75) is 33.7 Å². The molecule has 1 aliphatic rings. The summed E-state index contributed by atoms with van der Waals surface area (Å²) in [4.78, 5) is 51.9. The molecule has 8 heteroatoms. The molecule has 0 spiro atoms. The van der Waals surface area contributed by atoms with Crippen molar-refractivity contribution < 1.29 is 23.9 Å². The average Bonchev–Trinajstić information content (AvgIpc) is 3.10. The fraction of sp³-hybridized carbons (Fsp3) is 0.241. The first-order valence-electron chi connectivity index (χ1n) is 12.2. The Bertz CT molecular complexity index is 1310. The van der Waals surface area contributed by atoms with E-state index >= 15 is 0 Å². The molecule has 0 saturated heterocycles. The van der Waals surface area contributed by atoms with Gasteiger partial charge < -0.3 is 15.4 Å². The topological polar surface area (TPSA) is 105 Å². The molecule has 1 heterocycles. The Morgan fingerprint density at radius 2 is 1.46 bits per heavy atom. The molecule has 3 aromatic carbocycles. The van der Waals surface area contributed by atoms with E-state index in [9.17, 15) is 19.2 Å². The van der Waals surface area contributed by atoms with Crippen LogP contribution < -0.4 is 15.4 Å². The van der Waals surface area contributed by atoms with Crippen molar-refractivity contribution in [1.29, 1.82) is 0 Å². The predicted octanol–water partition coefficient (Wildman–Crippen LogP) is 5.12. The molecule has 0 aromatic heterocycles. The van der Waals surface area contributed by atoms with Gasteiger partial charge in [-0.2, -0.15) is 0 Å². The van der Waals surface area contributed by atoms with Gasteiger partial charge in [-0.3, -0.25) is 24.1 Å². The number of hydrogen-bond acceptors (Lipinski definition) is 5. The zero-order valence-electron chi connectivity index (χ0n) is 21.0. The van der Waals surface area contributed by atoms with Crippen LogP contribution in [0.2, 0.25) is 0 Å². The van der Waals surface area contributed by atoms with Crippen LogP contribution in [-0.2, 0) is 11.3 Å². The summed E-state index contributed by atoms with van der Waals surface area (Å²) < 4.78 is 5.65. The monoisotopic (exact) mass is 499 g/mol. The quantitative estimate of drug-likeness (QED) is 0.398. The van der Waals surface area contributed by atoms with Gasteiger partial charge in [0.15, 0.2) is 0 Å². The molecule has 0 radical (unpaired) electrons. The summed E-state index contributed by atoms with van der Waals surface area (Å²) in [6.45, 7) is 6.17. The predicted molar refractivity (Wildman–Crippen MR) is 141 cm³/mol. The normalized spacial score (nSPS) is 12.5. The smallest absolute Gasteiger partial charge is 0.261 e. The molecule has 3 aromatic rings. The minimum absolute atomic E-state index is 0.0316. The maximum Gasteiger partial charge on any atom is 0.261 e. The van der Waals surface area contributed by atoms with Gasteiger partial charge in [0.2, 0.25) is 5.91 Å². The van der Waals surface area contributed by atoms with Gasteiger partial charge in [-0.05, 0) is 66.9 Å². The summed E-state index contributed by atoms with van der Waals surface area (Å²) >= 11 is 0. The number of carbonyl (C=O) groups is 4. The maximum absolute atomic E-state index is 13.2. The lowest BCUT2D eigenvalue weighted by atomic mass is 10.1. The van der Waals surface area contributed by atoms with Crippen LogP contribution in [0.3, 0.4) is 0 Å². The van der Waals surface area contributed by atoms with E-state index in [0.29, 0.717) is 46.8 Å². The minimum atomic E-state index is -0.399. The Kier molecular flexibility index (Phi) is 7.67. The van der Waals surface area contributed by atoms with Crippen LogP contribution >= 0.6 is 0 Å². The molecule has 0 bridgehead atoms. The van der Waals surface area contributed by atoms with Crippen molar-refractivity contribution in [3.63, 3.8) is 0 Å². The van der Waals surface area contributed by atoms with Gasteiger partial charge in [-0.1, -0.05) is 32.0 Å². The molecular weight excluding hydrogens is 470 g/mol. The standard InChI is InChI=1S/C29H29N3O5/c1-4-37-25-14-9-19(17-32-28(35)22-7-5-6-8-23(22)29(32)36)16-24(25)27(34)31-21-12-10-20(11-13-21)30-26(33)15-18(2)3/h5-14,16,18H,4,15,17H2,1-3H3,(H,30,33)(H,31,34). The number of amides is 4. The van der Waals surface area contributed by atoms with Gasteiger partial charge in [0.05, 0.1) is 29.8 Å². The van der Waals surface area contributed by atoms with E-state index in [-0.39, 0.29) is 35.7 Å². The number of fused-ring (bicyclic) bond motifs is 1. The fourth-order valence-corrected chi connectivity index (χ4v) is 4.12. The molecule has 8 nitrogen and oxygen atoms in total. The third kappa shape index (κ3) is 5.86. The molecule has 4 amide bonds. The van der Waals surface area contributed by atoms with Gasteiger partial charge in [-0.25, -0.2) is 0 Å². The lowest BCUT2D eigenvalue weighted by molar-refractivity contribution is -0.116. The highest BCUT2D eigenvalue weighted by Crippen LogP contribution is 2.27. The van der Waals surface area contributed by atoms with Crippen molar-refractivity contribution in [3.05, 3.63) is 89.0 Å². The second-order valence-corrected chi connectivity index (χ2v) is 9.18. The van der Waals surface area contributed by atoms with Crippen LogP contribution in [0.5, 0.6) is 5.75 Å². The fourth-order valence-electron chi connectivity index (χ4n) is 4.12. The lowest BCUT2D eigenvalue weighted by Crippen LogP contribution is -2.29. The van der Waals surface area contributed by atoms with E-state index in [2.05, 4.69) is 10.6 Å². The number of ether oxygens (including phenoxy) is 1. The van der Waals surface area contributed by atoms with Crippen LogP contribution in [0.25, 0.3) is 0 Å². The largest absolute Gasteiger partial charge is 0.493 e. The van der Waals surface area contributed by atoms with Crippen LogP contribution in [0, 0.1) is 5.92 Å². The Hall–Kier alpha value is -4.46. The number of anilines is 2. The highest BCUT2D eigenvalue weighted by Gasteiger charge is 2.35. The van der Waals surface area contributed by atoms with E-state index in [1.165, 1.54) is 4.90 Å². The maximum atomic E-state index is 13.2. The highest BCUT2D eigenvalue weighted by atomic mass is 16.5. The van der Waals surface area contributed by atoms with Gasteiger partial charge >= 0.3 is 0 Å². The summed E-state index contributed by atoms with van der Waals surface area (Å²) in [5, 5.41) is 5.68. The number of imide groups is 1. The Labute approximate surface area is 215 Å². The van der Waals surface area contributed by atoms with E-state index < -0.39 is 5.91 Å². The summed E-state index contributed by atoms with van der Waals surface area (Å²) in [6.07, 6.45) is 0.426. The summed E-state index contributed by atoms with van der Waals surface area (Å²) in [5.74, 6) is -0.538. The average molecular weight is 500 g/mol. The second-order valence-electron chi connectivity index (χ2n) is 9.18. The Balaban J connectivity index is 1.49. The Morgan fingerprint density at radius 1 is 0.865 bits per heavy atom. The van der Waals surface area contributed by atoms with Crippen molar-refractivity contribution in [3.8, 4) is 5.75 Å². The summed E-state index contributed by atoms with van der Waals surface area (Å²) in [5.41, 5.74) is 2.83. The van der Waals surface area contributed by atoms with Gasteiger partial charge in [0, 0.05) is 17.8 Å². The van der Waals surface area contributed by atoms with Crippen molar-refractivity contribution >= 4 is 35.0 Å². The third-order valence-corrected chi connectivity index (χ3v) is 5.83. The van der Waals surface area contributed by atoms with Crippen molar-refractivity contribution in [1.82, 2.24) is 4.90 Å². The lowest BCUT2D eigenvalue weighted by Gasteiger charge is -2.16. The first-order chi connectivity index (χ1) is 17.8. The summed E-state index contributed by atoms with van der Waals surface area (Å²) in [7, 11) is 0. The molecule has 0 aliphatic carbocycles. The second kappa shape index (κ2) is 11.1. The molecule has 0 fully saturated rings. The molecule has 190 valence electrons. The van der Waals surface area contributed by atoms with E-state index in [4.69, 9.17) is 4.74 Å². The summed E-state index contributed by atoms with van der Waals surface area (Å²) in [6, 6.07) is 18.6. The number of carbonyl (C=O) groups excluding carboxylic acids is 4. The molecule has 4 rings (SSSR count).